The summed E-state index contributed by atoms with van der Waals surface area (Å²) in [6.07, 6.45) is 8.08. The molecule has 3 N–H and O–H groups in total. The third-order valence-electron chi connectivity index (χ3n) is 10.6. The molecular weight excluding hydrogens is 671 g/mol. The van der Waals surface area contributed by atoms with Crippen molar-refractivity contribution < 1.29 is 23.2 Å². The average Bonchev–Trinajstić information content (AvgIpc) is 3.38. The van der Waals surface area contributed by atoms with E-state index in [2.05, 4.69) is 20.9 Å². The molecule has 4 heterocycles. The number of likely N-dealkylation sites (tertiary alicyclic amines) is 1. The molecule has 4 aliphatic rings. The monoisotopic (exact) mass is 724 g/mol. The minimum atomic E-state index is -0.319. The lowest BCUT2D eigenvalue weighted by Crippen LogP contribution is -2.48. The Morgan fingerprint density at radius 2 is 1.06 bits per heavy atom. The molecule has 9 heteroatoms. The molecule has 2 saturated heterocycles. The van der Waals surface area contributed by atoms with E-state index in [1.54, 1.807) is 0 Å². The Morgan fingerprint density at radius 3 is 1.55 bits per heavy atom. The number of ketones is 2. The molecule has 0 atom stereocenters. The molecular formula is C44H54F2N4O3. The first-order valence-corrected chi connectivity index (χ1v) is 17.9. The van der Waals surface area contributed by atoms with Crippen molar-refractivity contribution in [3.63, 3.8) is 0 Å². The van der Waals surface area contributed by atoms with Crippen molar-refractivity contribution in [2.24, 2.45) is 0 Å². The third-order valence-corrected chi connectivity index (χ3v) is 10.6. The number of anilines is 2. The van der Waals surface area contributed by atoms with E-state index in [0.29, 0.717) is 24.7 Å². The number of rotatable bonds is 3. The van der Waals surface area contributed by atoms with Gasteiger partial charge in [0.15, 0.2) is 11.6 Å². The number of Topliss-reactive ketones (excluding diaryl/α,β-unsaturated/α-hetero) is 2. The van der Waals surface area contributed by atoms with E-state index < -0.39 is 0 Å². The van der Waals surface area contributed by atoms with Crippen molar-refractivity contribution in [3.8, 4) is 0 Å². The number of hydrogen-bond acceptors (Lipinski definition) is 7. The van der Waals surface area contributed by atoms with Crippen molar-refractivity contribution in [2.45, 2.75) is 83.8 Å². The van der Waals surface area contributed by atoms with Gasteiger partial charge in [0, 0.05) is 71.6 Å². The van der Waals surface area contributed by atoms with Crippen molar-refractivity contribution in [1.82, 2.24) is 10.2 Å². The smallest absolute Gasteiger partial charge is 0.165 e. The summed E-state index contributed by atoms with van der Waals surface area (Å²) in [5.74, 6) is 0.0187. The highest BCUT2D eigenvalue weighted by Gasteiger charge is 2.38. The van der Waals surface area contributed by atoms with Gasteiger partial charge in [-0.1, -0.05) is 51.3 Å². The number of carbonyl (C=O) groups is 3. The van der Waals surface area contributed by atoms with Gasteiger partial charge in [-0.25, -0.2) is 8.78 Å². The van der Waals surface area contributed by atoms with E-state index in [1.807, 2.05) is 60.7 Å². The summed E-state index contributed by atoms with van der Waals surface area (Å²) >= 11 is 0. The van der Waals surface area contributed by atoms with Gasteiger partial charge in [-0.2, -0.15) is 0 Å². The third kappa shape index (κ3) is 10.7. The van der Waals surface area contributed by atoms with Gasteiger partial charge in [-0.05, 0) is 118 Å². The predicted molar refractivity (Wildman–Crippen MR) is 211 cm³/mol. The summed E-state index contributed by atoms with van der Waals surface area (Å²) in [4.78, 5) is 36.9. The van der Waals surface area contributed by atoms with Crippen LogP contribution >= 0.6 is 0 Å². The average molecular weight is 725 g/mol. The highest BCUT2D eigenvalue weighted by molar-refractivity contribution is 6.02. The molecule has 2 fully saturated rings. The summed E-state index contributed by atoms with van der Waals surface area (Å²) in [6, 6.07) is 27.9. The predicted octanol–water partition coefficient (Wildman–Crippen LogP) is 9.36. The van der Waals surface area contributed by atoms with E-state index >= 15 is 0 Å². The molecule has 0 bridgehead atoms. The molecule has 2 spiro atoms. The van der Waals surface area contributed by atoms with Gasteiger partial charge in [0.2, 0.25) is 0 Å². The van der Waals surface area contributed by atoms with Crippen LogP contribution < -0.4 is 16.0 Å². The Hall–Kier alpha value is -4.73. The Kier molecular flexibility index (Phi) is 14.6. The van der Waals surface area contributed by atoms with Crippen LogP contribution in [0.5, 0.6) is 0 Å². The van der Waals surface area contributed by atoms with E-state index in [4.69, 9.17) is 0 Å². The highest BCUT2D eigenvalue weighted by Crippen LogP contribution is 2.37. The van der Waals surface area contributed by atoms with Crippen LogP contribution in [0, 0.1) is 11.6 Å². The molecule has 7 nitrogen and oxygen atoms in total. The second kappa shape index (κ2) is 18.9. The fraction of sp³-hybridized carbons (Fsp3) is 0.386. The number of halogens is 2. The number of nitrogens with one attached hydrogen (secondary N) is 3. The maximum absolute atomic E-state index is 13.0. The van der Waals surface area contributed by atoms with Crippen LogP contribution in [0.1, 0.15) is 103 Å². The largest absolute Gasteiger partial charge is 0.379 e. The summed E-state index contributed by atoms with van der Waals surface area (Å²) in [5.41, 5.74) is 5.49. The first kappa shape index (κ1) is 41.0. The molecule has 8 rings (SSSR count). The van der Waals surface area contributed by atoms with E-state index in [-0.39, 0.29) is 49.1 Å². The van der Waals surface area contributed by atoms with Gasteiger partial charge in [0.1, 0.15) is 17.9 Å². The van der Waals surface area contributed by atoms with Crippen LogP contribution in [-0.2, 0) is 6.54 Å². The fourth-order valence-corrected chi connectivity index (χ4v) is 7.53. The second-order valence-electron chi connectivity index (χ2n) is 14.1. The molecule has 0 radical (unpaired) electrons. The SMILES string of the molecule is C.C.O=C1CCC2(CCN(Cc3ccc(F)cc3)CC2)Nc2ccccc21.O=C1CCC2(CCNCC2)Nc2ccccc21.O=Cc1ccc(F)cc1. The molecule has 0 amide bonds. The molecule has 4 aromatic rings. The quantitative estimate of drug-likeness (QED) is 0.182. The minimum Gasteiger partial charge on any atom is -0.379 e. The van der Waals surface area contributed by atoms with Crippen LogP contribution in [-0.4, -0.2) is 60.0 Å². The van der Waals surface area contributed by atoms with Gasteiger partial charge in [-0.3, -0.25) is 19.3 Å². The van der Waals surface area contributed by atoms with Gasteiger partial charge in [0.05, 0.1) is 0 Å². The number of aldehydes is 1. The van der Waals surface area contributed by atoms with Crippen molar-refractivity contribution >= 4 is 29.2 Å². The number of fused-ring (bicyclic) bond motifs is 2. The lowest BCUT2D eigenvalue weighted by Gasteiger charge is -2.42. The lowest BCUT2D eigenvalue weighted by molar-refractivity contribution is 0.0960. The van der Waals surface area contributed by atoms with Crippen LogP contribution in [0.2, 0.25) is 0 Å². The first-order valence-electron chi connectivity index (χ1n) is 17.9. The number of nitrogens with zero attached hydrogens (tertiary/aromatic N) is 1. The standard InChI is InChI=1S/C21H23FN2O.C14H18N2O.C7H5FO.2CH4/c22-17-7-5-16(6-8-17)15-24-13-11-21(12-14-24)10-9-20(25)18-3-1-2-4-19(18)23-21;17-13-5-6-14(7-9-15-10-8-14)16-12-4-2-1-3-11(12)13;8-7-3-1-6(5-9)2-4-7;;/h1-8,23H,9-15H2;1-4,15-16H,5-10H2;1-5H;2*1H4. The lowest BCUT2D eigenvalue weighted by atomic mass is 9.83. The topological polar surface area (TPSA) is 90.5 Å². The molecule has 282 valence electrons. The molecule has 0 unspecified atom stereocenters. The number of piperidine rings is 2. The Morgan fingerprint density at radius 1 is 0.604 bits per heavy atom. The van der Waals surface area contributed by atoms with Crippen LogP contribution in [0.15, 0.2) is 97.1 Å². The Bertz CT molecular complexity index is 1800. The zero-order valence-corrected chi connectivity index (χ0v) is 28.9. The van der Waals surface area contributed by atoms with E-state index in [0.717, 1.165) is 99.3 Å². The van der Waals surface area contributed by atoms with Crippen molar-refractivity contribution in [2.75, 3.05) is 36.8 Å². The maximum atomic E-state index is 13.0. The van der Waals surface area contributed by atoms with E-state index in [1.165, 1.54) is 36.4 Å². The molecule has 0 saturated carbocycles. The minimum absolute atomic E-state index is 0. The second-order valence-corrected chi connectivity index (χ2v) is 14.1. The van der Waals surface area contributed by atoms with Crippen LogP contribution in [0.25, 0.3) is 0 Å². The normalized spacial score (nSPS) is 18.2. The van der Waals surface area contributed by atoms with Gasteiger partial charge in [-0.15, -0.1) is 0 Å². The van der Waals surface area contributed by atoms with Crippen molar-refractivity contribution in [1.29, 1.82) is 0 Å². The molecule has 4 aromatic carbocycles. The number of para-hydroxylation sites is 2. The van der Waals surface area contributed by atoms with Crippen molar-refractivity contribution in [3.05, 3.63) is 131 Å². The van der Waals surface area contributed by atoms with E-state index in [9.17, 15) is 23.2 Å². The highest BCUT2D eigenvalue weighted by atomic mass is 19.1. The number of carbonyl (C=O) groups excluding carboxylic acids is 3. The van der Waals surface area contributed by atoms with Gasteiger partial charge < -0.3 is 16.0 Å². The summed E-state index contributed by atoms with van der Waals surface area (Å²) in [7, 11) is 0. The van der Waals surface area contributed by atoms with Gasteiger partial charge in [0.25, 0.3) is 0 Å². The molecule has 0 aliphatic carbocycles. The maximum Gasteiger partial charge on any atom is 0.165 e. The zero-order valence-electron chi connectivity index (χ0n) is 28.9. The Labute approximate surface area is 313 Å². The zero-order chi connectivity index (χ0) is 35.7. The molecule has 0 aromatic heterocycles. The summed E-state index contributed by atoms with van der Waals surface area (Å²) in [5, 5.41) is 10.7. The molecule has 4 aliphatic heterocycles. The first-order chi connectivity index (χ1) is 24.8. The molecule has 53 heavy (non-hydrogen) atoms. The van der Waals surface area contributed by atoms with Crippen LogP contribution in [0.4, 0.5) is 20.2 Å². The number of hydrogen-bond donors (Lipinski definition) is 3. The summed E-state index contributed by atoms with van der Waals surface area (Å²) < 4.78 is 25.2. The number of benzene rings is 4. The summed E-state index contributed by atoms with van der Waals surface area (Å²) in [6.45, 7) is 4.92. The van der Waals surface area contributed by atoms with Gasteiger partial charge >= 0.3 is 0 Å². The van der Waals surface area contributed by atoms with Crippen LogP contribution in [0.3, 0.4) is 0 Å². The Balaban J connectivity index is 0.000000194. The fourth-order valence-electron chi connectivity index (χ4n) is 7.53.